The Kier molecular flexibility index (Phi) is 6.50. The lowest BCUT2D eigenvalue weighted by Gasteiger charge is -2.12. The highest BCUT2D eigenvalue weighted by Gasteiger charge is 2.11. The van der Waals surface area contributed by atoms with Gasteiger partial charge in [0.2, 0.25) is 5.89 Å². The number of ether oxygens (including phenoxy) is 2. The molecule has 0 N–H and O–H groups in total. The van der Waals surface area contributed by atoms with Crippen molar-refractivity contribution in [2.24, 2.45) is 0 Å². The van der Waals surface area contributed by atoms with Gasteiger partial charge in [-0.2, -0.15) is 0 Å². The Morgan fingerprint density at radius 3 is 2.69 bits per heavy atom. The third kappa shape index (κ3) is 5.35. The molecule has 0 unspecified atom stereocenters. The van der Waals surface area contributed by atoms with E-state index in [4.69, 9.17) is 13.9 Å². The molecule has 1 aromatic heterocycles. The second kappa shape index (κ2) is 9.24. The molecule has 0 aliphatic rings. The van der Waals surface area contributed by atoms with Gasteiger partial charge in [0.25, 0.3) is 5.22 Å². The van der Waals surface area contributed by atoms with Crippen LogP contribution in [0.2, 0.25) is 0 Å². The number of nitrogens with zero attached hydrogens (tertiary/aromatic N) is 2. The van der Waals surface area contributed by atoms with Crippen molar-refractivity contribution in [3.63, 3.8) is 0 Å². The Bertz CT molecular complexity index is 1050. The highest BCUT2D eigenvalue weighted by atomic mass is 32.2. The number of carbonyl (C=O) groups is 1. The van der Waals surface area contributed by atoms with E-state index < -0.39 is 5.97 Å². The third-order valence-electron chi connectivity index (χ3n) is 3.73. The number of aromatic nitrogens is 2. The molecule has 0 radical (unpaired) electrons. The number of hydrogen-bond donors (Lipinski definition) is 0. The fourth-order valence-corrected chi connectivity index (χ4v) is 3.07. The zero-order valence-electron chi connectivity index (χ0n) is 15.5. The average molecular weight is 415 g/mol. The molecule has 0 bridgehead atoms. The first-order valence-corrected chi connectivity index (χ1v) is 9.23. The van der Waals surface area contributed by atoms with Gasteiger partial charge in [-0.1, -0.05) is 24.3 Å². The van der Waals surface area contributed by atoms with E-state index in [0.29, 0.717) is 28.5 Å². The lowest BCUT2D eigenvalue weighted by Crippen LogP contribution is -2.23. The summed E-state index contributed by atoms with van der Waals surface area (Å²) in [5.74, 6) is -0.666. The molecule has 29 heavy (non-hydrogen) atoms. The van der Waals surface area contributed by atoms with E-state index in [2.05, 4.69) is 10.2 Å². The van der Waals surface area contributed by atoms with E-state index in [-0.39, 0.29) is 22.6 Å². The molecule has 0 saturated carbocycles. The van der Waals surface area contributed by atoms with E-state index >= 15 is 0 Å². The van der Waals surface area contributed by atoms with Crippen LogP contribution in [0.5, 0.6) is 11.5 Å². The first kappa shape index (κ1) is 20.4. The lowest BCUT2D eigenvalue weighted by atomic mass is 10.2. The maximum atomic E-state index is 13.7. The number of aryl methyl sites for hydroxylation is 1. The molecule has 7 nitrogen and oxygen atoms in total. The molecule has 3 rings (SSSR count). The van der Waals surface area contributed by atoms with Crippen molar-refractivity contribution in [3.05, 3.63) is 70.2 Å². The van der Waals surface area contributed by atoms with Gasteiger partial charge in [-0.05, 0) is 41.6 Å². The summed E-state index contributed by atoms with van der Waals surface area (Å²) in [6.45, 7) is 1.62. The molecule has 150 valence electrons. The Balaban J connectivity index is 1.80. The van der Waals surface area contributed by atoms with Crippen LogP contribution in [-0.2, 0) is 11.4 Å². The summed E-state index contributed by atoms with van der Waals surface area (Å²) in [5, 5.41) is 19.0. The van der Waals surface area contributed by atoms with Crippen LogP contribution in [0.25, 0.3) is 6.08 Å². The predicted octanol–water partition coefficient (Wildman–Crippen LogP) is 2.99. The topological polar surface area (TPSA) is 97.5 Å². The minimum Gasteiger partial charge on any atom is -0.544 e. The maximum absolute atomic E-state index is 13.7. The number of carboxylic acids is 1. The van der Waals surface area contributed by atoms with Gasteiger partial charge in [0.1, 0.15) is 12.4 Å². The van der Waals surface area contributed by atoms with Gasteiger partial charge >= 0.3 is 0 Å². The zero-order valence-corrected chi connectivity index (χ0v) is 16.4. The lowest BCUT2D eigenvalue weighted by molar-refractivity contribution is -0.298. The molecule has 0 fully saturated rings. The van der Waals surface area contributed by atoms with Crippen molar-refractivity contribution in [2.75, 3.05) is 7.11 Å². The Labute approximate surface area is 170 Å². The summed E-state index contributed by atoms with van der Waals surface area (Å²) in [7, 11) is 1.45. The van der Waals surface area contributed by atoms with E-state index in [1.165, 1.54) is 19.3 Å². The summed E-state index contributed by atoms with van der Waals surface area (Å²) >= 11 is 0.784. The monoisotopic (exact) mass is 415 g/mol. The number of halogens is 1. The smallest absolute Gasteiger partial charge is 0.281 e. The van der Waals surface area contributed by atoms with Crippen molar-refractivity contribution in [1.29, 1.82) is 0 Å². The fraction of sp³-hybridized carbons (Fsp3) is 0.150. The molecular formula is C20H16FN2O5S-. The van der Waals surface area contributed by atoms with Gasteiger partial charge in [-0.3, -0.25) is 0 Å². The third-order valence-corrected chi connectivity index (χ3v) is 4.58. The molecule has 1 heterocycles. The largest absolute Gasteiger partial charge is 0.544 e. The summed E-state index contributed by atoms with van der Waals surface area (Å²) in [4.78, 5) is 11.3. The quantitative estimate of drug-likeness (QED) is 0.409. The second-order valence-corrected chi connectivity index (χ2v) is 6.77. The van der Waals surface area contributed by atoms with Gasteiger partial charge in [0.15, 0.2) is 11.5 Å². The summed E-state index contributed by atoms with van der Waals surface area (Å²) in [6.07, 6.45) is 1.39. The first-order chi connectivity index (χ1) is 14.0. The Morgan fingerprint density at radius 1 is 1.24 bits per heavy atom. The number of carbonyl (C=O) groups excluding carboxylic acids is 1. The van der Waals surface area contributed by atoms with Crippen molar-refractivity contribution >= 4 is 23.8 Å². The standard InChI is InChI=1S/C20H17FN2O5S/c1-12-22-23-20(28-12)29-18(19(24)25)10-13-7-8-16(17(9-13)26-2)27-11-14-5-3-4-6-15(14)21/h3-10H,11H2,1-2H3,(H,24,25)/p-1/b18-10-. The van der Waals surface area contributed by atoms with Crippen LogP contribution in [-0.4, -0.2) is 23.3 Å². The van der Waals surface area contributed by atoms with E-state index in [1.807, 2.05) is 0 Å². The SMILES string of the molecule is COc1cc(/C=C(\Sc2nnc(C)o2)C(=O)[O-])ccc1OCc1ccccc1F. The van der Waals surface area contributed by atoms with Crippen molar-refractivity contribution in [1.82, 2.24) is 10.2 Å². The van der Waals surface area contributed by atoms with Crippen LogP contribution < -0.4 is 14.6 Å². The van der Waals surface area contributed by atoms with Crippen LogP contribution in [0.1, 0.15) is 17.0 Å². The summed E-state index contributed by atoms with van der Waals surface area (Å²) in [5.41, 5.74) is 0.937. The number of thioether (sulfide) groups is 1. The molecule has 3 aromatic rings. The number of rotatable bonds is 8. The Morgan fingerprint density at radius 2 is 2.03 bits per heavy atom. The summed E-state index contributed by atoms with van der Waals surface area (Å²) in [6, 6.07) is 11.1. The Hall–Kier alpha value is -3.33. The molecule has 9 heteroatoms. The van der Waals surface area contributed by atoms with Crippen molar-refractivity contribution in [2.45, 2.75) is 18.8 Å². The zero-order chi connectivity index (χ0) is 20.8. The first-order valence-electron chi connectivity index (χ1n) is 8.41. The number of hydrogen-bond acceptors (Lipinski definition) is 8. The van der Waals surface area contributed by atoms with Gasteiger partial charge in [-0.15, -0.1) is 10.2 Å². The van der Waals surface area contributed by atoms with Gasteiger partial charge in [0.05, 0.1) is 13.1 Å². The van der Waals surface area contributed by atoms with Crippen LogP contribution in [0.3, 0.4) is 0 Å². The van der Waals surface area contributed by atoms with Crippen molar-refractivity contribution < 1.29 is 28.2 Å². The summed E-state index contributed by atoms with van der Waals surface area (Å²) < 4.78 is 29.9. The number of benzene rings is 2. The number of carboxylic acid groups (broad SMARTS) is 1. The van der Waals surface area contributed by atoms with Gasteiger partial charge < -0.3 is 23.8 Å². The minimum atomic E-state index is -1.38. The molecule has 0 aliphatic heterocycles. The van der Waals surface area contributed by atoms with Crippen LogP contribution in [0.4, 0.5) is 4.39 Å². The van der Waals surface area contributed by atoms with E-state index in [9.17, 15) is 14.3 Å². The highest BCUT2D eigenvalue weighted by Crippen LogP contribution is 2.32. The molecule has 0 spiro atoms. The van der Waals surface area contributed by atoms with Crippen LogP contribution >= 0.6 is 11.8 Å². The van der Waals surface area contributed by atoms with E-state index in [1.54, 1.807) is 43.3 Å². The van der Waals surface area contributed by atoms with E-state index in [0.717, 1.165) is 11.8 Å². The minimum absolute atomic E-state index is 0.0227. The highest BCUT2D eigenvalue weighted by molar-refractivity contribution is 8.03. The van der Waals surface area contributed by atoms with Crippen LogP contribution in [0, 0.1) is 12.7 Å². The molecule has 0 atom stereocenters. The van der Waals surface area contributed by atoms with Gasteiger partial charge in [0, 0.05) is 17.4 Å². The fourth-order valence-electron chi connectivity index (χ4n) is 2.36. The predicted molar refractivity (Wildman–Crippen MR) is 102 cm³/mol. The normalized spacial score (nSPS) is 11.3. The molecule has 0 saturated heterocycles. The molecule has 0 aliphatic carbocycles. The number of methoxy groups -OCH3 is 1. The molecular weight excluding hydrogens is 399 g/mol. The average Bonchev–Trinajstić information content (AvgIpc) is 3.12. The second-order valence-electron chi connectivity index (χ2n) is 5.78. The molecule has 0 amide bonds. The van der Waals surface area contributed by atoms with Gasteiger partial charge in [-0.25, -0.2) is 4.39 Å². The van der Waals surface area contributed by atoms with Crippen molar-refractivity contribution in [3.8, 4) is 11.5 Å². The number of aliphatic carboxylic acids is 1. The maximum Gasteiger partial charge on any atom is 0.281 e. The molecule has 2 aromatic carbocycles. The van der Waals surface area contributed by atoms with Crippen LogP contribution in [0.15, 0.2) is 57.0 Å².